The molecule has 0 aliphatic rings. The minimum absolute atomic E-state index is 0.0840. The molecule has 0 saturated heterocycles. The lowest BCUT2D eigenvalue weighted by molar-refractivity contribution is -0.119. The second-order valence-electron chi connectivity index (χ2n) is 5.05. The predicted molar refractivity (Wildman–Crippen MR) is 79.2 cm³/mol. The Morgan fingerprint density at radius 2 is 2.05 bits per heavy atom. The highest BCUT2D eigenvalue weighted by molar-refractivity contribution is 5.92. The average Bonchev–Trinajstić information content (AvgIpc) is 2.86. The molecule has 3 N–H and O–H groups in total. The molecule has 0 fully saturated rings. The maximum atomic E-state index is 11.9. The molecule has 0 aliphatic heterocycles. The van der Waals surface area contributed by atoms with Crippen LogP contribution in [0.2, 0.25) is 0 Å². The van der Waals surface area contributed by atoms with Crippen LogP contribution in [0.15, 0.2) is 42.7 Å². The fraction of sp³-hybridized carbons (Fsp3) is 0.333. The zero-order chi connectivity index (χ0) is 14.5. The molecule has 1 amide bonds. The molecule has 0 radical (unpaired) electrons. The molecule has 2 unspecified atom stereocenters. The summed E-state index contributed by atoms with van der Waals surface area (Å²) in [4.78, 5) is 11.9. The molecule has 0 spiro atoms. The van der Waals surface area contributed by atoms with E-state index < -0.39 is 0 Å². The summed E-state index contributed by atoms with van der Waals surface area (Å²) in [7, 11) is 0. The van der Waals surface area contributed by atoms with Gasteiger partial charge in [0.1, 0.15) is 0 Å². The monoisotopic (exact) mass is 272 g/mol. The molecule has 1 aromatic heterocycles. The van der Waals surface area contributed by atoms with Gasteiger partial charge in [0, 0.05) is 12.2 Å². The van der Waals surface area contributed by atoms with Gasteiger partial charge in [-0.05, 0) is 12.5 Å². The van der Waals surface area contributed by atoms with Gasteiger partial charge in [0.2, 0.25) is 5.91 Å². The SMILES string of the molecule is CC(N)C(C)C(=O)Nc1cnn(Cc2ccccc2)c1. The molecule has 1 heterocycles. The van der Waals surface area contributed by atoms with Crippen molar-refractivity contribution in [3.8, 4) is 0 Å². The van der Waals surface area contributed by atoms with Crippen LogP contribution in [0.5, 0.6) is 0 Å². The molecule has 2 aromatic rings. The van der Waals surface area contributed by atoms with E-state index in [1.54, 1.807) is 10.9 Å². The minimum Gasteiger partial charge on any atom is -0.327 e. The summed E-state index contributed by atoms with van der Waals surface area (Å²) in [6, 6.07) is 9.87. The fourth-order valence-electron chi connectivity index (χ4n) is 1.78. The number of nitrogens with zero attached hydrogens (tertiary/aromatic N) is 2. The number of carbonyl (C=O) groups is 1. The maximum absolute atomic E-state index is 11.9. The van der Waals surface area contributed by atoms with Crippen LogP contribution in [0.25, 0.3) is 0 Å². The molecule has 0 bridgehead atoms. The lowest BCUT2D eigenvalue weighted by Crippen LogP contribution is -2.34. The number of nitrogens with two attached hydrogens (primary N) is 1. The second-order valence-corrected chi connectivity index (χ2v) is 5.05. The van der Waals surface area contributed by atoms with Crippen molar-refractivity contribution in [2.75, 3.05) is 5.32 Å². The van der Waals surface area contributed by atoms with Crippen LogP contribution < -0.4 is 11.1 Å². The minimum atomic E-state index is -0.229. The third-order valence-corrected chi connectivity index (χ3v) is 3.29. The molecule has 2 rings (SSSR count). The van der Waals surface area contributed by atoms with Crippen molar-refractivity contribution < 1.29 is 4.79 Å². The van der Waals surface area contributed by atoms with E-state index in [2.05, 4.69) is 10.4 Å². The largest absolute Gasteiger partial charge is 0.327 e. The Bertz CT molecular complexity index is 562. The van der Waals surface area contributed by atoms with Gasteiger partial charge in [-0.25, -0.2) is 0 Å². The highest BCUT2D eigenvalue weighted by atomic mass is 16.1. The summed E-state index contributed by atoms with van der Waals surface area (Å²) >= 11 is 0. The van der Waals surface area contributed by atoms with Crippen LogP contribution in [0.1, 0.15) is 19.4 Å². The van der Waals surface area contributed by atoms with Crippen molar-refractivity contribution >= 4 is 11.6 Å². The van der Waals surface area contributed by atoms with Crippen LogP contribution in [-0.4, -0.2) is 21.7 Å². The Hall–Kier alpha value is -2.14. The zero-order valence-electron chi connectivity index (χ0n) is 11.8. The summed E-state index contributed by atoms with van der Waals surface area (Å²) in [6.45, 7) is 4.32. The number of aromatic nitrogens is 2. The van der Waals surface area contributed by atoms with Crippen LogP contribution >= 0.6 is 0 Å². The number of benzene rings is 1. The fourth-order valence-corrected chi connectivity index (χ4v) is 1.78. The molecule has 0 aliphatic carbocycles. The third kappa shape index (κ3) is 3.68. The van der Waals surface area contributed by atoms with Gasteiger partial charge >= 0.3 is 0 Å². The topological polar surface area (TPSA) is 72.9 Å². The number of rotatable bonds is 5. The standard InChI is InChI=1S/C15H20N4O/c1-11(12(2)16)15(20)18-14-8-17-19(10-14)9-13-6-4-3-5-7-13/h3-8,10-12H,9,16H2,1-2H3,(H,18,20). The Kier molecular flexibility index (Phi) is 4.53. The van der Waals surface area contributed by atoms with E-state index in [1.165, 1.54) is 0 Å². The molecule has 5 nitrogen and oxygen atoms in total. The number of anilines is 1. The van der Waals surface area contributed by atoms with Crippen molar-refractivity contribution in [3.05, 3.63) is 48.3 Å². The molecule has 2 atom stereocenters. The molecular weight excluding hydrogens is 252 g/mol. The van der Waals surface area contributed by atoms with E-state index in [0.717, 1.165) is 5.56 Å². The molecule has 0 saturated carbocycles. The summed E-state index contributed by atoms with van der Waals surface area (Å²) in [5.74, 6) is -0.313. The van der Waals surface area contributed by atoms with Crippen LogP contribution in [0, 0.1) is 5.92 Å². The summed E-state index contributed by atoms with van der Waals surface area (Å²) in [5.41, 5.74) is 7.57. The Balaban J connectivity index is 1.97. The van der Waals surface area contributed by atoms with E-state index in [4.69, 9.17) is 5.73 Å². The zero-order valence-corrected chi connectivity index (χ0v) is 11.8. The van der Waals surface area contributed by atoms with Crippen LogP contribution in [0.4, 0.5) is 5.69 Å². The van der Waals surface area contributed by atoms with E-state index in [9.17, 15) is 4.79 Å². The van der Waals surface area contributed by atoms with Gasteiger partial charge in [-0.1, -0.05) is 37.3 Å². The number of nitrogens with one attached hydrogen (secondary N) is 1. The number of carbonyl (C=O) groups excluding carboxylic acids is 1. The normalized spacial score (nSPS) is 13.8. The lowest BCUT2D eigenvalue weighted by Gasteiger charge is -2.14. The van der Waals surface area contributed by atoms with Gasteiger partial charge in [-0.3, -0.25) is 9.48 Å². The molecular formula is C15H20N4O. The van der Waals surface area contributed by atoms with Crippen molar-refractivity contribution in [2.45, 2.75) is 26.4 Å². The maximum Gasteiger partial charge on any atom is 0.228 e. The van der Waals surface area contributed by atoms with Crippen molar-refractivity contribution in [1.82, 2.24) is 9.78 Å². The first-order chi connectivity index (χ1) is 9.56. The van der Waals surface area contributed by atoms with E-state index in [0.29, 0.717) is 12.2 Å². The van der Waals surface area contributed by atoms with E-state index >= 15 is 0 Å². The van der Waals surface area contributed by atoms with E-state index in [-0.39, 0.29) is 17.9 Å². The molecule has 1 aromatic carbocycles. The third-order valence-electron chi connectivity index (χ3n) is 3.29. The van der Waals surface area contributed by atoms with Gasteiger partial charge in [0.15, 0.2) is 0 Å². The lowest BCUT2D eigenvalue weighted by atomic mass is 10.0. The Labute approximate surface area is 118 Å². The summed E-state index contributed by atoms with van der Waals surface area (Å²) in [6.07, 6.45) is 3.47. The smallest absolute Gasteiger partial charge is 0.228 e. The highest BCUT2D eigenvalue weighted by Gasteiger charge is 2.17. The number of amides is 1. The molecule has 5 heteroatoms. The Morgan fingerprint density at radius 3 is 2.70 bits per heavy atom. The second kappa shape index (κ2) is 6.34. The van der Waals surface area contributed by atoms with Gasteiger partial charge < -0.3 is 11.1 Å². The van der Waals surface area contributed by atoms with Crippen molar-refractivity contribution in [1.29, 1.82) is 0 Å². The van der Waals surface area contributed by atoms with Gasteiger partial charge in [0.25, 0.3) is 0 Å². The summed E-state index contributed by atoms with van der Waals surface area (Å²) in [5, 5.41) is 7.07. The predicted octanol–water partition coefficient (Wildman–Crippen LogP) is 1.85. The average molecular weight is 272 g/mol. The van der Waals surface area contributed by atoms with Crippen molar-refractivity contribution in [2.24, 2.45) is 11.7 Å². The number of hydrogen-bond acceptors (Lipinski definition) is 3. The van der Waals surface area contributed by atoms with Gasteiger partial charge in [-0.15, -0.1) is 0 Å². The molecule has 106 valence electrons. The van der Waals surface area contributed by atoms with Crippen molar-refractivity contribution in [3.63, 3.8) is 0 Å². The summed E-state index contributed by atoms with van der Waals surface area (Å²) < 4.78 is 1.79. The van der Waals surface area contributed by atoms with Gasteiger partial charge in [0.05, 0.1) is 24.3 Å². The number of hydrogen-bond donors (Lipinski definition) is 2. The van der Waals surface area contributed by atoms with Gasteiger partial charge in [-0.2, -0.15) is 5.10 Å². The first kappa shape index (κ1) is 14.3. The van der Waals surface area contributed by atoms with Crippen LogP contribution in [-0.2, 0) is 11.3 Å². The quantitative estimate of drug-likeness (QED) is 0.872. The van der Waals surface area contributed by atoms with E-state index in [1.807, 2.05) is 50.4 Å². The molecule has 20 heavy (non-hydrogen) atoms. The highest BCUT2D eigenvalue weighted by Crippen LogP contribution is 2.10. The first-order valence-corrected chi connectivity index (χ1v) is 6.69. The van der Waals surface area contributed by atoms with Crippen LogP contribution in [0.3, 0.4) is 0 Å². The Morgan fingerprint density at radius 1 is 1.35 bits per heavy atom. The first-order valence-electron chi connectivity index (χ1n) is 6.69.